The van der Waals surface area contributed by atoms with Crippen molar-refractivity contribution < 1.29 is 23.0 Å². The van der Waals surface area contributed by atoms with E-state index in [2.05, 4.69) is 11.5 Å². The van der Waals surface area contributed by atoms with Crippen molar-refractivity contribution in [3.63, 3.8) is 0 Å². The Kier molecular flexibility index (Phi) is 12.2. The van der Waals surface area contributed by atoms with Crippen LogP contribution in [0.15, 0.2) is 12.7 Å². The molecule has 0 amide bonds. The average molecular weight is 142 g/mol. The topological polar surface area (TPSA) is 26.3 Å². The lowest BCUT2D eigenvalue weighted by molar-refractivity contribution is -0.176. The number of halogens is 3. The summed E-state index contributed by atoms with van der Waals surface area (Å²) in [5.41, 5.74) is 0. The zero-order chi connectivity index (χ0) is 7.70. The van der Waals surface area contributed by atoms with Crippen LogP contribution in [0.25, 0.3) is 0 Å². The third-order valence-corrected chi connectivity index (χ3v) is 0.243. The van der Waals surface area contributed by atoms with Crippen molar-refractivity contribution in [2.45, 2.75) is 0 Å². The smallest absolute Gasteiger partial charge is 0.250 e. The van der Waals surface area contributed by atoms with Gasteiger partial charge >= 0.3 is 5.97 Å². The maximum atomic E-state index is 10.5. The van der Waals surface area contributed by atoms with Crippen LogP contribution in [0.2, 0.25) is 0 Å². The van der Waals surface area contributed by atoms with Gasteiger partial charge in [0.25, 0.3) is 0 Å². The Bertz CT molecular complexity index is 83.9. The molecule has 0 aromatic heterocycles. The Morgan fingerprint density at radius 3 is 2.00 bits per heavy atom. The molecule has 0 aromatic carbocycles. The van der Waals surface area contributed by atoms with Crippen molar-refractivity contribution >= 4 is 5.97 Å². The SMILES string of the molecule is C=CC(=O)OF.FCF. The van der Waals surface area contributed by atoms with Gasteiger partial charge in [-0.3, -0.25) is 4.94 Å². The minimum absolute atomic E-state index is 0.736. The molecule has 0 saturated heterocycles. The first kappa shape index (κ1) is 10.9. The Balaban J connectivity index is 0. The van der Waals surface area contributed by atoms with Crippen LogP contribution in [0, 0.1) is 0 Å². The molecule has 0 aliphatic carbocycles. The molecule has 0 heterocycles. The quantitative estimate of drug-likeness (QED) is 0.518. The summed E-state index contributed by atoms with van der Waals surface area (Å²) in [4.78, 5) is 12.1. The second-order valence-electron chi connectivity index (χ2n) is 0.701. The van der Waals surface area contributed by atoms with Gasteiger partial charge in [0.15, 0.2) is 0 Å². The van der Waals surface area contributed by atoms with Crippen LogP contribution < -0.4 is 0 Å². The van der Waals surface area contributed by atoms with Crippen LogP contribution >= 0.6 is 0 Å². The summed E-state index contributed by atoms with van der Waals surface area (Å²) in [6.07, 6.45) is 0.736. The molecule has 0 bridgehead atoms. The van der Waals surface area contributed by atoms with Gasteiger partial charge in [0, 0.05) is 10.6 Å². The molecule has 0 aliphatic heterocycles. The molecule has 0 aromatic rings. The van der Waals surface area contributed by atoms with E-state index in [-0.39, 0.29) is 0 Å². The van der Waals surface area contributed by atoms with E-state index in [0.29, 0.717) is 0 Å². The number of carbonyl (C=O) groups excluding carboxylic acids is 1. The molecule has 0 saturated carbocycles. The van der Waals surface area contributed by atoms with Gasteiger partial charge in [-0.15, -0.1) is 0 Å². The maximum Gasteiger partial charge on any atom is 0.371 e. The van der Waals surface area contributed by atoms with Crippen molar-refractivity contribution in [1.82, 2.24) is 0 Å². The minimum atomic E-state index is -1.75. The maximum absolute atomic E-state index is 10.5. The van der Waals surface area contributed by atoms with E-state index in [1.54, 1.807) is 0 Å². The summed E-state index contributed by atoms with van der Waals surface area (Å²) < 4.78 is 29.7. The molecule has 54 valence electrons. The summed E-state index contributed by atoms with van der Waals surface area (Å²) in [5, 5.41) is 0. The predicted molar refractivity (Wildman–Crippen MR) is 24.5 cm³/mol. The molecule has 0 unspecified atom stereocenters. The summed E-state index contributed by atoms with van der Waals surface area (Å²) in [6, 6.07) is 0. The highest BCUT2D eigenvalue weighted by Gasteiger charge is 1.87. The van der Waals surface area contributed by atoms with Crippen molar-refractivity contribution in [2.75, 3.05) is 6.93 Å². The van der Waals surface area contributed by atoms with Crippen molar-refractivity contribution in [3.05, 3.63) is 12.7 Å². The van der Waals surface area contributed by atoms with Gasteiger partial charge in [0.05, 0.1) is 0 Å². The monoisotopic (exact) mass is 142 g/mol. The zero-order valence-corrected chi connectivity index (χ0v) is 4.44. The van der Waals surface area contributed by atoms with E-state index in [9.17, 15) is 18.1 Å². The number of hydrogen-bond donors (Lipinski definition) is 0. The fraction of sp³-hybridized carbons (Fsp3) is 0.250. The summed E-state index contributed by atoms with van der Waals surface area (Å²) in [6.45, 7) is 1.17. The van der Waals surface area contributed by atoms with Gasteiger partial charge in [-0.2, -0.15) is 0 Å². The predicted octanol–water partition coefficient (Wildman–Crippen LogP) is 1.48. The van der Waals surface area contributed by atoms with Gasteiger partial charge in [-0.05, 0) is 0 Å². The molecule has 0 aliphatic rings. The van der Waals surface area contributed by atoms with Crippen LogP contribution in [0.3, 0.4) is 0 Å². The molecule has 9 heavy (non-hydrogen) atoms. The first-order chi connectivity index (χ1) is 4.22. The number of rotatable bonds is 1. The lowest BCUT2D eigenvalue weighted by atomic mass is 10.7. The van der Waals surface area contributed by atoms with Crippen LogP contribution in [-0.2, 0) is 9.74 Å². The first-order valence-electron chi connectivity index (χ1n) is 1.79. The highest BCUT2D eigenvalue weighted by Crippen LogP contribution is 1.74. The number of carbonyl (C=O) groups is 1. The molecule has 0 N–H and O–H groups in total. The summed E-state index contributed by atoms with van der Waals surface area (Å²) >= 11 is 0. The second kappa shape index (κ2) is 10.1. The van der Waals surface area contributed by atoms with E-state index >= 15 is 0 Å². The molecule has 0 fully saturated rings. The fourth-order valence-electron chi connectivity index (χ4n) is 0.0315. The Hall–Kier alpha value is -1.00. The normalized spacial score (nSPS) is 6.56. The second-order valence-corrected chi connectivity index (χ2v) is 0.701. The molecular weight excluding hydrogens is 137 g/mol. The fourth-order valence-corrected chi connectivity index (χ4v) is 0.0315. The Labute approximate surface area is 49.8 Å². The average Bonchev–Trinajstić information content (AvgIpc) is 1.88. The molecule has 2 nitrogen and oxygen atoms in total. The largest absolute Gasteiger partial charge is 0.371 e. The van der Waals surface area contributed by atoms with Crippen LogP contribution in [0.5, 0.6) is 0 Å². The summed E-state index contributed by atoms with van der Waals surface area (Å²) in [5.74, 6) is -1.06. The van der Waals surface area contributed by atoms with Gasteiger partial charge < -0.3 is 0 Å². The minimum Gasteiger partial charge on any atom is -0.250 e. The van der Waals surface area contributed by atoms with E-state index in [4.69, 9.17) is 0 Å². The van der Waals surface area contributed by atoms with Gasteiger partial charge in [-0.25, -0.2) is 13.6 Å². The lowest BCUT2D eigenvalue weighted by Gasteiger charge is -1.74. The van der Waals surface area contributed by atoms with Crippen LogP contribution in [0.1, 0.15) is 0 Å². The van der Waals surface area contributed by atoms with Crippen molar-refractivity contribution in [3.8, 4) is 0 Å². The molecular formula is C4H5F3O2. The molecule has 0 spiro atoms. The summed E-state index contributed by atoms with van der Waals surface area (Å²) in [7, 11) is 0. The highest BCUT2D eigenvalue weighted by atomic mass is 19.3. The van der Waals surface area contributed by atoms with Gasteiger partial charge in [-0.1, -0.05) is 6.58 Å². The van der Waals surface area contributed by atoms with Crippen molar-refractivity contribution in [2.24, 2.45) is 0 Å². The first-order valence-corrected chi connectivity index (χ1v) is 1.79. The molecule has 5 heteroatoms. The Morgan fingerprint density at radius 1 is 1.67 bits per heavy atom. The Morgan fingerprint density at radius 2 is 2.00 bits per heavy atom. The highest BCUT2D eigenvalue weighted by molar-refractivity contribution is 5.80. The third-order valence-electron chi connectivity index (χ3n) is 0.243. The lowest BCUT2D eigenvalue weighted by Crippen LogP contribution is -1.87. The third kappa shape index (κ3) is 19.4. The number of alkyl halides is 2. The van der Waals surface area contributed by atoms with Gasteiger partial charge in [0.1, 0.15) is 0 Å². The molecule has 0 rings (SSSR count). The van der Waals surface area contributed by atoms with E-state index in [1.807, 2.05) is 0 Å². The van der Waals surface area contributed by atoms with Crippen LogP contribution in [0.4, 0.5) is 13.3 Å². The molecule has 0 atom stereocenters. The van der Waals surface area contributed by atoms with Crippen molar-refractivity contribution in [1.29, 1.82) is 0 Å². The van der Waals surface area contributed by atoms with E-state index < -0.39 is 12.9 Å². The van der Waals surface area contributed by atoms with E-state index in [1.165, 1.54) is 0 Å². The molecule has 0 radical (unpaired) electrons. The van der Waals surface area contributed by atoms with Crippen LogP contribution in [-0.4, -0.2) is 12.9 Å². The zero-order valence-electron chi connectivity index (χ0n) is 4.44. The van der Waals surface area contributed by atoms with Gasteiger partial charge in [0.2, 0.25) is 6.93 Å². The standard InChI is InChI=1S/C3H3FO2.CH2F2/c1-2-3(5)6-4;2-1-3/h2H,1H2;1H2. The number of hydrogen-bond acceptors (Lipinski definition) is 2. The van der Waals surface area contributed by atoms with E-state index in [0.717, 1.165) is 6.08 Å².